The quantitative estimate of drug-likeness (QED) is 0.717. The van der Waals surface area contributed by atoms with Gasteiger partial charge in [0.15, 0.2) is 0 Å². The minimum Gasteiger partial charge on any atom is -0.377 e. The van der Waals surface area contributed by atoms with Crippen LogP contribution in [0.3, 0.4) is 0 Å². The molecule has 2 rings (SSSR count). The summed E-state index contributed by atoms with van der Waals surface area (Å²) in [5, 5.41) is 1.32. The van der Waals surface area contributed by atoms with Gasteiger partial charge in [-0.1, -0.05) is 27.5 Å². The Balaban J connectivity index is 2.21. The molecule has 3 nitrogen and oxygen atoms in total. The molecule has 0 spiro atoms. The number of nitrogens with zero attached hydrogens (tertiary/aromatic N) is 1. The van der Waals surface area contributed by atoms with Gasteiger partial charge >= 0.3 is 0 Å². The van der Waals surface area contributed by atoms with Crippen molar-refractivity contribution in [2.45, 2.75) is 6.04 Å². The van der Waals surface area contributed by atoms with Gasteiger partial charge in [0.2, 0.25) is 0 Å². The van der Waals surface area contributed by atoms with Crippen molar-refractivity contribution in [3.8, 4) is 0 Å². The second kappa shape index (κ2) is 6.37. The SMILES string of the molecule is O=C(c1ccc(Cl)c(Br)c1)N1CCOCC1CBr. The lowest BCUT2D eigenvalue weighted by molar-refractivity contribution is 0.00524. The number of amides is 1. The third-order valence-corrected chi connectivity index (χ3v) is 4.79. The number of benzene rings is 1. The Kier molecular flexibility index (Phi) is 5.06. The molecule has 1 aromatic rings. The molecular weight excluding hydrogens is 385 g/mol. The molecule has 1 fully saturated rings. The molecule has 0 saturated carbocycles. The highest BCUT2D eigenvalue weighted by atomic mass is 79.9. The molecule has 6 heteroatoms. The molecule has 1 aromatic carbocycles. The molecule has 0 aliphatic carbocycles. The van der Waals surface area contributed by atoms with Crippen molar-refractivity contribution >= 4 is 49.4 Å². The lowest BCUT2D eigenvalue weighted by Crippen LogP contribution is -2.49. The summed E-state index contributed by atoms with van der Waals surface area (Å²) in [6, 6.07) is 5.31. The molecule has 1 unspecified atom stereocenters. The molecule has 1 aliphatic heterocycles. The van der Waals surface area contributed by atoms with Crippen LogP contribution in [0, 0.1) is 0 Å². The van der Waals surface area contributed by atoms with Gasteiger partial charge in [-0.2, -0.15) is 0 Å². The number of alkyl halides is 1. The summed E-state index contributed by atoms with van der Waals surface area (Å²) in [5.74, 6) is 0.0140. The Labute approximate surface area is 128 Å². The normalized spacial score (nSPS) is 19.9. The van der Waals surface area contributed by atoms with Gasteiger partial charge in [0.1, 0.15) is 0 Å². The van der Waals surface area contributed by atoms with E-state index in [1.165, 1.54) is 0 Å². The second-order valence-electron chi connectivity index (χ2n) is 4.01. The Morgan fingerprint density at radius 2 is 2.33 bits per heavy atom. The molecule has 1 aliphatic rings. The smallest absolute Gasteiger partial charge is 0.254 e. The standard InChI is InChI=1S/C12H12Br2ClNO2/c13-6-9-7-18-4-3-16(9)12(17)8-1-2-11(15)10(14)5-8/h1-2,5,9H,3-4,6-7H2. The van der Waals surface area contributed by atoms with Crippen LogP contribution in [0.25, 0.3) is 0 Å². The van der Waals surface area contributed by atoms with Gasteiger partial charge in [-0.05, 0) is 34.1 Å². The average Bonchev–Trinajstić information content (AvgIpc) is 2.41. The average molecular weight is 397 g/mol. The predicted molar refractivity (Wildman–Crippen MR) is 78.6 cm³/mol. The van der Waals surface area contributed by atoms with Crippen LogP contribution in [0.15, 0.2) is 22.7 Å². The molecule has 0 bridgehead atoms. The Morgan fingerprint density at radius 3 is 3.00 bits per heavy atom. The van der Waals surface area contributed by atoms with Gasteiger partial charge in [0.25, 0.3) is 5.91 Å². The number of halogens is 3. The van der Waals surface area contributed by atoms with Crippen molar-refractivity contribution in [1.29, 1.82) is 0 Å². The van der Waals surface area contributed by atoms with E-state index >= 15 is 0 Å². The van der Waals surface area contributed by atoms with Gasteiger partial charge in [-0.15, -0.1) is 0 Å². The number of carbonyl (C=O) groups is 1. The second-order valence-corrected chi connectivity index (χ2v) is 5.92. The zero-order valence-electron chi connectivity index (χ0n) is 9.54. The fourth-order valence-corrected chi connectivity index (χ4v) is 2.88. The van der Waals surface area contributed by atoms with E-state index in [0.29, 0.717) is 35.7 Å². The van der Waals surface area contributed by atoms with E-state index in [9.17, 15) is 4.79 Å². The third-order valence-electron chi connectivity index (χ3n) is 2.83. The summed E-state index contributed by atoms with van der Waals surface area (Å²) < 4.78 is 6.11. The van der Waals surface area contributed by atoms with Crippen molar-refractivity contribution in [3.05, 3.63) is 33.3 Å². The summed E-state index contributed by atoms with van der Waals surface area (Å²) in [5.41, 5.74) is 0.638. The van der Waals surface area contributed by atoms with Crippen LogP contribution in [0.1, 0.15) is 10.4 Å². The lowest BCUT2D eigenvalue weighted by Gasteiger charge is -2.34. The summed E-state index contributed by atoms with van der Waals surface area (Å²) >= 11 is 12.7. The van der Waals surface area contributed by atoms with E-state index < -0.39 is 0 Å². The summed E-state index contributed by atoms with van der Waals surface area (Å²) in [4.78, 5) is 14.3. The van der Waals surface area contributed by atoms with E-state index in [1.807, 2.05) is 4.90 Å². The first-order valence-corrected chi connectivity index (χ1v) is 7.82. The Hall–Kier alpha value is -0.100. The van der Waals surface area contributed by atoms with E-state index in [0.717, 1.165) is 4.47 Å². The largest absolute Gasteiger partial charge is 0.377 e. The zero-order chi connectivity index (χ0) is 13.1. The van der Waals surface area contributed by atoms with Crippen LogP contribution in [-0.4, -0.2) is 41.9 Å². The van der Waals surface area contributed by atoms with E-state index in [1.54, 1.807) is 18.2 Å². The molecular formula is C12H12Br2ClNO2. The minimum atomic E-state index is 0.0140. The van der Waals surface area contributed by atoms with Crippen LogP contribution in [0.2, 0.25) is 5.02 Å². The van der Waals surface area contributed by atoms with Crippen LogP contribution in [0.5, 0.6) is 0 Å². The molecule has 0 aromatic heterocycles. The van der Waals surface area contributed by atoms with Gasteiger partial charge in [-0.3, -0.25) is 4.79 Å². The van der Waals surface area contributed by atoms with Crippen LogP contribution < -0.4 is 0 Å². The summed E-state index contributed by atoms with van der Waals surface area (Å²) in [7, 11) is 0. The highest BCUT2D eigenvalue weighted by Gasteiger charge is 2.27. The van der Waals surface area contributed by atoms with Gasteiger partial charge in [-0.25, -0.2) is 0 Å². The third kappa shape index (κ3) is 3.07. The van der Waals surface area contributed by atoms with E-state index in [2.05, 4.69) is 31.9 Å². The topological polar surface area (TPSA) is 29.5 Å². The van der Waals surface area contributed by atoms with Crippen LogP contribution in [-0.2, 0) is 4.74 Å². The maximum Gasteiger partial charge on any atom is 0.254 e. The first kappa shape index (κ1) is 14.3. The summed E-state index contributed by atoms with van der Waals surface area (Å²) in [6.07, 6.45) is 0. The fourth-order valence-electron chi connectivity index (χ4n) is 1.85. The van der Waals surface area contributed by atoms with Crippen molar-refractivity contribution in [1.82, 2.24) is 4.90 Å². The Bertz CT molecular complexity index is 456. The van der Waals surface area contributed by atoms with Crippen molar-refractivity contribution in [2.24, 2.45) is 0 Å². The predicted octanol–water partition coefficient (Wildman–Crippen LogP) is 3.34. The van der Waals surface area contributed by atoms with Gasteiger partial charge in [0, 0.05) is 21.9 Å². The molecule has 0 radical (unpaired) electrons. The maximum absolute atomic E-state index is 12.4. The molecule has 18 heavy (non-hydrogen) atoms. The van der Waals surface area contributed by atoms with Crippen molar-refractivity contribution < 1.29 is 9.53 Å². The van der Waals surface area contributed by atoms with Crippen LogP contribution in [0.4, 0.5) is 0 Å². The van der Waals surface area contributed by atoms with E-state index in [-0.39, 0.29) is 11.9 Å². The lowest BCUT2D eigenvalue weighted by atomic mass is 10.1. The first-order chi connectivity index (χ1) is 8.63. The highest BCUT2D eigenvalue weighted by Crippen LogP contribution is 2.24. The van der Waals surface area contributed by atoms with Gasteiger partial charge in [0.05, 0.1) is 24.3 Å². The fraction of sp³-hybridized carbons (Fsp3) is 0.417. The monoisotopic (exact) mass is 395 g/mol. The molecule has 1 atom stereocenters. The number of carbonyl (C=O) groups excluding carboxylic acids is 1. The number of rotatable bonds is 2. The summed E-state index contributed by atoms with van der Waals surface area (Å²) in [6.45, 7) is 1.78. The number of ether oxygens (including phenoxy) is 1. The minimum absolute atomic E-state index is 0.0140. The zero-order valence-corrected chi connectivity index (χ0v) is 13.5. The van der Waals surface area contributed by atoms with Crippen molar-refractivity contribution in [2.75, 3.05) is 25.1 Å². The Morgan fingerprint density at radius 1 is 1.56 bits per heavy atom. The number of morpholine rings is 1. The van der Waals surface area contributed by atoms with Crippen molar-refractivity contribution in [3.63, 3.8) is 0 Å². The van der Waals surface area contributed by atoms with Crippen LogP contribution >= 0.6 is 43.5 Å². The van der Waals surface area contributed by atoms with E-state index in [4.69, 9.17) is 16.3 Å². The molecule has 1 saturated heterocycles. The van der Waals surface area contributed by atoms with Gasteiger partial charge < -0.3 is 9.64 Å². The number of hydrogen-bond acceptors (Lipinski definition) is 2. The number of hydrogen-bond donors (Lipinski definition) is 0. The molecule has 1 heterocycles. The molecule has 1 amide bonds. The molecule has 98 valence electrons. The first-order valence-electron chi connectivity index (χ1n) is 5.53. The maximum atomic E-state index is 12.4. The molecule has 0 N–H and O–H groups in total. The highest BCUT2D eigenvalue weighted by molar-refractivity contribution is 9.10.